The summed E-state index contributed by atoms with van der Waals surface area (Å²) < 4.78 is 0. The topological polar surface area (TPSA) is 0 Å². The van der Waals surface area contributed by atoms with Crippen LogP contribution in [-0.2, 0) is 0 Å². The fourth-order valence-electron chi connectivity index (χ4n) is 0.827. The second-order valence-electron chi connectivity index (χ2n) is 2.31. The quantitative estimate of drug-likeness (QED) is 0.522. The van der Waals surface area contributed by atoms with Crippen LogP contribution in [0.2, 0.25) is 0 Å². The highest BCUT2D eigenvalue weighted by molar-refractivity contribution is 7.27. The van der Waals surface area contributed by atoms with Crippen molar-refractivity contribution >= 4 is 14.5 Å². The van der Waals surface area contributed by atoms with Gasteiger partial charge in [0, 0.05) is 0 Å². The van der Waals surface area contributed by atoms with Crippen molar-refractivity contribution in [2.45, 2.75) is 27.7 Å². The largest absolute Gasteiger partial charge is 0.105 e. The SMILES string of the molecule is CC.Cc1cccc(C)c1P. The lowest BCUT2D eigenvalue weighted by molar-refractivity contribution is 1.44. The van der Waals surface area contributed by atoms with Crippen molar-refractivity contribution in [3.8, 4) is 0 Å². The van der Waals surface area contributed by atoms with Gasteiger partial charge in [-0.15, -0.1) is 9.24 Å². The molecule has 0 saturated heterocycles. The van der Waals surface area contributed by atoms with Gasteiger partial charge in [-0.05, 0) is 30.3 Å². The van der Waals surface area contributed by atoms with E-state index in [1.165, 1.54) is 16.4 Å². The Morgan fingerprint density at radius 3 is 1.64 bits per heavy atom. The normalized spacial score (nSPS) is 8.45. The van der Waals surface area contributed by atoms with Crippen molar-refractivity contribution in [3.63, 3.8) is 0 Å². The molecule has 0 heterocycles. The third kappa shape index (κ3) is 3.03. The van der Waals surface area contributed by atoms with E-state index in [0.717, 1.165) is 0 Å². The molecule has 1 aromatic rings. The molecule has 0 radical (unpaired) electrons. The average Bonchev–Trinajstić information content (AvgIpc) is 2.04. The van der Waals surface area contributed by atoms with Crippen molar-refractivity contribution in [3.05, 3.63) is 29.3 Å². The molecule has 1 unspecified atom stereocenters. The first kappa shape index (κ1) is 10.7. The molecule has 0 amide bonds. The van der Waals surface area contributed by atoms with Crippen LogP contribution in [0.25, 0.3) is 0 Å². The minimum absolute atomic E-state index is 1.33. The highest BCUT2D eigenvalue weighted by Crippen LogP contribution is 2.02. The van der Waals surface area contributed by atoms with Gasteiger partial charge in [-0.3, -0.25) is 0 Å². The lowest BCUT2D eigenvalue weighted by atomic mass is 10.2. The Morgan fingerprint density at radius 1 is 1.00 bits per heavy atom. The van der Waals surface area contributed by atoms with E-state index in [2.05, 4.69) is 41.3 Å². The summed E-state index contributed by atoms with van der Waals surface area (Å²) in [6, 6.07) is 6.32. The van der Waals surface area contributed by atoms with Gasteiger partial charge in [0.05, 0.1) is 0 Å². The highest BCUT2D eigenvalue weighted by Gasteiger charge is 1.92. The minimum Gasteiger partial charge on any atom is -0.105 e. The first-order chi connectivity index (χ1) is 5.22. The molecule has 0 nitrogen and oxygen atoms in total. The van der Waals surface area contributed by atoms with Gasteiger partial charge in [0.15, 0.2) is 0 Å². The summed E-state index contributed by atoms with van der Waals surface area (Å²) in [6.07, 6.45) is 0. The molecular weight excluding hydrogens is 151 g/mol. The molecule has 0 aliphatic rings. The molecule has 1 aromatic carbocycles. The standard InChI is InChI=1S/C8H11P.C2H6/c1-6-4-3-5-7(2)8(6)9;1-2/h3-5H,9H2,1-2H3;1-2H3. The van der Waals surface area contributed by atoms with Crippen LogP contribution < -0.4 is 5.30 Å². The molecule has 1 heteroatoms. The molecule has 1 rings (SSSR count). The Labute approximate surface area is 72.2 Å². The van der Waals surface area contributed by atoms with E-state index in [0.29, 0.717) is 0 Å². The summed E-state index contributed by atoms with van der Waals surface area (Å²) in [5.41, 5.74) is 2.69. The van der Waals surface area contributed by atoms with Gasteiger partial charge in [-0.2, -0.15) is 0 Å². The van der Waals surface area contributed by atoms with E-state index in [1.54, 1.807) is 0 Å². The zero-order valence-electron chi connectivity index (χ0n) is 7.81. The average molecular weight is 168 g/mol. The second kappa shape index (κ2) is 5.32. The predicted octanol–water partition coefficient (Wildman–Crippen LogP) is 2.83. The van der Waals surface area contributed by atoms with Crippen LogP contribution in [0.15, 0.2) is 18.2 Å². The van der Waals surface area contributed by atoms with Crippen molar-refractivity contribution < 1.29 is 0 Å². The second-order valence-corrected chi connectivity index (χ2v) is 2.88. The summed E-state index contributed by atoms with van der Waals surface area (Å²) in [7, 11) is 2.74. The number of benzene rings is 1. The highest BCUT2D eigenvalue weighted by atomic mass is 31.0. The number of hydrogen-bond acceptors (Lipinski definition) is 0. The van der Waals surface area contributed by atoms with E-state index in [9.17, 15) is 0 Å². The maximum absolute atomic E-state index is 2.74. The Hall–Kier alpha value is -0.350. The third-order valence-electron chi connectivity index (χ3n) is 1.54. The molecule has 62 valence electrons. The molecule has 0 bridgehead atoms. The molecule has 1 atom stereocenters. The first-order valence-electron chi connectivity index (χ1n) is 4.03. The van der Waals surface area contributed by atoms with Crippen LogP contribution in [0.5, 0.6) is 0 Å². The Balaban J connectivity index is 0.000000461. The monoisotopic (exact) mass is 168 g/mol. The third-order valence-corrected chi connectivity index (χ3v) is 2.45. The van der Waals surface area contributed by atoms with E-state index in [4.69, 9.17) is 0 Å². The molecular formula is C10H17P. The van der Waals surface area contributed by atoms with Crippen molar-refractivity contribution in [2.24, 2.45) is 0 Å². The van der Waals surface area contributed by atoms with Gasteiger partial charge >= 0.3 is 0 Å². The zero-order chi connectivity index (χ0) is 8.85. The maximum Gasteiger partial charge on any atom is -0.0244 e. The summed E-state index contributed by atoms with van der Waals surface area (Å²) in [5.74, 6) is 0. The Bertz CT molecular complexity index is 196. The van der Waals surface area contributed by atoms with Crippen LogP contribution in [0.3, 0.4) is 0 Å². The Kier molecular flexibility index (Phi) is 5.15. The van der Waals surface area contributed by atoms with E-state index < -0.39 is 0 Å². The van der Waals surface area contributed by atoms with Gasteiger partial charge in [0.25, 0.3) is 0 Å². The minimum atomic E-state index is 1.33. The summed E-state index contributed by atoms with van der Waals surface area (Å²) in [4.78, 5) is 0. The van der Waals surface area contributed by atoms with E-state index in [-0.39, 0.29) is 0 Å². The lowest BCUT2D eigenvalue weighted by Gasteiger charge is -2.00. The van der Waals surface area contributed by atoms with Crippen LogP contribution in [0.4, 0.5) is 0 Å². The Morgan fingerprint density at radius 2 is 1.36 bits per heavy atom. The number of rotatable bonds is 0. The van der Waals surface area contributed by atoms with Gasteiger partial charge in [0.1, 0.15) is 0 Å². The van der Waals surface area contributed by atoms with Crippen LogP contribution in [0.1, 0.15) is 25.0 Å². The summed E-state index contributed by atoms with van der Waals surface area (Å²) in [6.45, 7) is 8.24. The van der Waals surface area contributed by atoms with Crippen molar-refractivity contribution in [1.82, 2.24) is 0 Å². The van der Waals surface area contributed by atoms with Gasteiger partial charge in [-0.25, -0.2) is 0 Å². The molecule has 0 aromatic heterocycles. The van der Waals surface area contributed by atoms with Gasteiger partial charge in [-0.1, -0.05) is 32.0 Å². The lowest BCUT2D eigenvalue weighted by Crippen LogP contribution is -1.99. The maximum atomic E-state index is 2.74. The number of aryl methyl sites for hydroxylation is 2. The predicted molar refractivity (Wildman–Crippen MR) is 56.6 cm³/mol. The van der Waals surface area contributed by atoms with Gasteiger partial charge in [0.2, 0.25) is 0 Å². The van der Waals surface area contributed by atoms with Crippen molar-refractivity contribution in [1.29, 1.82) is 0 Å². The van der Waals surface area contributed by atoms with Crippen LogP contribution in [-0.4, -0.2) is 0 Å². The van der Waals surface area contributed by atoms with E-state index in [1.807, 2.05) is 13.8 Å². The van der Waals surface area contributed by atoms with Gasteiger partial charge < -0.3 is 0 Å². The van der Waals surface area contributed by atoms with E-state index >= 15 is 0 Å². The molecule has 0 saturated carbocycles. The fourth-order valence-corrected chi connectivity index (χ4v) is 1.02. The van der Waals surface area contributed by atoms with Crippen LogP contribution >= 0.6 is 9.24 Å². The summed E-state index contributed by atoms with van der Waals surface area (Å²) in [5, 5.41) is 1.33. The molecule has 0 fully saturated rings. The molecule has 0 aliphatic heterocycles. The van der Waals surface area contributed by atoms with Crippen LogP contribution in [0, 0.1) is 13.8 Å². The first-order valence-corrected chi connectivity index (χ1v) is 4.61. The fraction of sp³-hybridized carbons (Fsp3) is 0.400. The molecule has 0 N–H and O–H groups in total. The molecule has 0 spiro atoms. The number of hydrogen-bond donors (Lipinski definition) is 0. The smallest absolute Gasteiger partial charge is 0.0244 e. The molecule has 11 heavy (non-hydrogen) atoms. The van der Waals surface area contributed by atoms with Crippen molar-refractivity contribution in [2.75, 3.05) is 0 Å². The zero-order valence-corrected chi connectivity index (χ0v) is 8.96. The molecule has 0 aliphatic carbocycles. The summed E-state index contributed by atoms with van der Waals surface area (Å²) >= 11 is 0.